The molecule has 0 unspecified atom stereocenters. The van der Waals surface area contributed by atoms with Crippen molar-refractivity contribution < 1.29 is 9.53 Å². The van der Waals surface area contributed by atoms with Crippen LogP contribution >= 0.6 is 12.4 Å². The van der Waals surface area contributed by atoms with E-state index in [2.05, 4.69) is 17.4 Å². The SMILES string of the molecule is Cl.NCC1(NC(=O)CCc2cccc(OC3CCCC3)c2)CCCC1. The zero-order valence-corrected chi connectivity index (χ0v) is 15.8. The van der Waals surface area contributed by atoms with Gasteiger partial charge in [-0.15, -0.1) is 12.4 Å². The first kappa shape index (κ1) is 20.1. The van der Waals surface area contributed by atoms with Crippen molar-refractivity contribution in [3.05, 3.63) is 29.8 Å². The Balaban J connectivity index is 0.00000225. The predicted molar refractivity (Wildman–Crippen MR) is 103 cm³/mol. The van der Waals surface area contributed by atoms with Crippen molar-refractivity contribution in [3.8, 4) is 5.75 Å². The zero-order chi connectivity index (χ0) is 16.8. The van der Waals surface area contributed by atoms with Gasteiger partial charge >= 0.3 is 0 Å². The van der Waals surface area contributed by atoms with E-state index >= 15 is 0 Å². The van der Waals surface area contributed by atoms with E-state index in [0.29, 0.717) is 19.1 Å². The second-order valence-corrected chi connectivity index (χ2v) is 7.41. The lowest BCUT2D eigenvalue weighted by molar-refractivity contribution is -0.122. The Morgan fingerprint density at radius 2 is 1.92 bits per heavy atom. The van der Waals surface area contributed by atoms with Gasteiger partial charge in [-0.3, -0.25) is 4.79 Å². The van der Waals surface area contributed by atoms with Gasteiger partial charge < -0.3 is 15.8 Å². The fourth-order valence-corrected chi connectivity index (χ4v) is 4.02. The van der Waals surface area contributed by atoms with Crippen molar-refractivity contribution in [1.82, 2.24) is 5.32 Å². The molecule has 2 fully saturated rings. The van der Waals surface area contributed by atoms with Crippen LogP contribution in [0.2, 0.25) is 0 Å². The molecule has 0 bridgehead atoms. The third-order valence-corrected chi connectivity index (χ3v) is 5.50. The van der Waals surface area contributed by atoms with Gasteiger partial charge in [0.15, 0.2) is 0 Å². The highest BCUT2D eigenvalue weighted by Gasteiger charge is 2.33. The number of hydrogen-bond donors (Lipinski definition) is 2. The molecule has 2 aliphatic rings. The molecule has 0 radical (unpaired) electrons. The van der Waals surface area contributed by atoms with Gasteiger partial charge in [-0.05, 0) is 62.6 Å². The third-order valence-electron chi connectivity index (χ3n) is 5.50. The fraction of sp³-hybridized carbons (Fsp3) is 0.650. The van der Waals surface area contributed by atoms with Crippen LogP contribution in [0, 0.1) is 0 Å². The molecule has 0 aliphatic heterocycles. The largest absolute Gasteiger partial charge is 0.490 e. The quantitative estimate of drug-likeness (QED) is 0.772. The van der Waals surface area contributed by atoms with Crippen LogP contribution in [0.25, 0.3) is 0 Å². The molecule has 4 nitrogen and oxygen atoms in total. The molecule has 0 aromatic heterocycles. The van der Waals surface area contributed by atoms with Crippen LogP contribution in [0.3, 0.4) is 0 Å². The minimum Gasteiger partial charge on any atom is -0.490 e. The standard InChI is InChI=1S/C20H30N2O2.ClH/c21-15-20(12-3-4-13-20)22-19(23)11-10-16-6-5-9-18(14-16)24-17-7-1-2-8-17;/h5-6,9,14,17H,1-4,7-8,10-13,15,21H2,(H,22,23);1H. The monoisotopic (exact) mass is 366 g/mol. The molecule has 1 amide bonds. The smallest absolute Gasteiger partial charge is 0.220 e. The van der Waals surface area contributed by atoms with Gasteiger partial charge in [-0.25, -0.2) is 0 Å². The number of carbonyl (C=O) groups excluding carboxylic acids is 1. The van der Waals surface area contributed by atoms with E-state index in [0.717, 1.165) is 56.3 Å². The number of benzene rings is 1. The summed E-state index contributed by atoms with van der Waals surface area (Å²) in [6, 6.07) is 8.20. The van der Waals surface area contributed by atoms with Gasteiger partial charge in [0.2, 0.25) is 5.91 Å². The molecule has 3 rings (SSSR count). The Labute approximate surface area is 157 Å². The second-order valence-electron chi connectivity index (χ2n) is 7.41. The van der Waals surface area contributed by atoms with Crippen LogP contribution < -0.4 is 15.8 Å². The molecule has 25 heavy (non-hydrogen) atoms. The van der Waals surface area contributed by atoms with Crippen LogP contribution in [-0.4, -0.2) is 24.1 Å². The van der Waals surface area contributed by atoms with Crippen molar-refractivity contribution in [2.45, 2.75) is 75.9 Å². The average molecular weight is 367 g/mol. The van der Waals surface area contributed by atoms with Crippen molar-refractivity contribution in [2.75, 3.05) is 6.54 Å². The maximum Gasteiger partial charge on any atom is 0.220 e. The number of amides is 1. The molecule has 0 saturated heterocycles. The molecular weight excluding hydrogens is 336 g/mol. The number of nitrogens with two attached hydrogens (primary N) is 1. The van der Waals surface area contributed by atoms with Gasteiger partial charge in [0, 0.05) is 13.0 Å². The van der Waals surface area contributed by atoms with Crippen LogP contribution in [0.1, 0.15) is 63.4 Å². The van der Waals surface area contributed by atoms with Gasteiger partial charge in [-0.2, -0.15) is 0 Å². The minimum absolute atomic E-state index is 0. The number of carbonyl (C=O) groups is 1. The summed E-state index contributed by atoms with van der Waals surface area (Å²) in [5.74, 6) is 1.05. The molecule has 5 heteroatoms. The van der Waals surface area contributed by atoms with E-state index in [1.165, 1.54) is 12.8 Å². The first-order valence-electron chi connectivity index (χ1n) is 9.46. The van der Waals surface area contributed by atoms with Gasteiger partial charge in [0.25, 0.3) is 0 Å². The Morgan fingerprint density at radius 1 is 1.20 bits per heavy atom. The second kappa shape index (κ2) is 9.44. The van der Waals surface area contributed by atoms with Crippen LogP contribution in [-0.2, 0) is 11.2 Å². The van der Waals surface area contributed by atoms with E-state index in [1.807, 2.05) is 12.1 Å². The fourth-order valence-electron chi connectivity index (χ4n) is 4.02. The Bertz CT molecular complexity index is 552. The molecule has 140 valence electrons. The summed E-state index contributed by atoms with van der Waals surface area (Å²) >= 11 is 0. The Morgan fingerprint density at radius 3 is 2.60 bits per heavy atom. The highest BCUT2D eigenvalue weighted by Crippen LogP contribution is 2.29. The molecule has 1 aromatic carbocycles. The molecule has 2 saturated carbocycles. The summed E-state index contributed by atoms with van der Waals surface area (Å²) in [5, 5.41) is 3.19. The van der Waals surface area contributed by atoms with E-state index in [1.54, 1.807) is 0 Å². The maximum atomic E-state index is 12.3. The lowest BCUT2D eigenvalue weighted by Gasteiger charge is -2.28. The van der Waals surface area contributed by atoms with E-state index in [-0.39, 0.29) is 23.9 Å². The summed E-state index contributed by atoms with van der Waals surface area (Å²) in [6.45, 7) is 0.545. The molecular formula is C20H31ClN2O2. The van der Waals surface area contributed by atoms with Gasteiger partial charge in [0.1, 0.15) is 5.75 Å². The lowest BCUT2D eigenvalue weighted by Crippen LogP contribution is -2.51. The highest BCUT2D eigenvalue weighted by atomic mass is 35.5. The number of ether oxygens (including phenoxy) is 1. The molecule has 2 aliphatic carbocycles. The molecule has 1 aromatic rings. The molecule has 0 heterocycles. The highest BCUT2D eigenvalue weighted by molar-refractivity contribution is 5.85. The predicted octanol–water partition coefficient (Wildman–Crippen LogP) is 3.75. The van der Waals surface area contributed by atoms with Gasteiger partial charge in [0.05, 0.1) is 11.6 Å². The summed E-state index contributed by atoms with van der Waals surface area (Å²) in [5.41, 5.74) is 6.90. The molecule has 0 spiro atoms. The summed E-state index contributed by atoms with van der Waals surface area (Å²) < 4.78 is 6.05. The lowest BCUT2D eigenvalue weighted by atomic mass is 9.97. The van der Waals surface area contributed by atoms with Crippen LogP contribution in [0.15, 0.2) is 24.3 Å². The molecule has 0 atom stereocenters. The van der Waals surface area contributed by atoms with Crippen molar-refractivity contribution >= 4 is 18.3 Å². The first-order chi connectivity index (χ1) is 11.7. The average Bonchev–Trinajstić information content (AvgIpc) is 3.26. The van der Waals surface area contributed by atoms with Crippen LogP contribution in [0.5, 0.6) is 5.75 Å². The maximum absolute atomic E-state index is 12.3. The Kier molecular flexibility index (Phi) is 7.57. The first-order valence-corrected chi connectivity index (χ1v) is 9.46. The van der Waals surface area contributed by atoms with E-state index in [4.69, 9.17) is 10.5 Å². The van der Waals surface area contributed by atoms with E-state index < -0.39 is 0 Å². The van der Waals surface area contributed by atoms with Crippen molar-refractivity contribution in [2.24, 2.45) is 5.73 Å². The van der Waals surface area contributed by atoms with Crippen LogP contribution in [0.4, 0.5) is 0 Å². The normalized spacial score (nSPS) is 19.4. The number of rotatable bonds is 7. The van der Waals surface area contributed by atoms with E-state index in [9.17, 15) is 4.79 Å². The summed E-state index contributed by atoms with van der Waals surface area (Å²) in [6.07, 6.45) is 10.8. The summed E-state index contributed by atoms with van der Waals surface area (Å²) in [7, 11) is 0. The number of hydrogen-bond acceptors (Lipinski definition) is 3. The van der Waals surface area contributed by atoms with Crippen molar-refractivity contribution in [3.63, 3.8) is 0 Å². The number of halogens is 1. The van der Waals surface area contributed by atoms with Gasteiger partial charge in [-0.1, -0.05) is 25.0 Å². The Hall–Kier alpha value is -1.26. The summed E-state index contributed by atoms with van der Waals surface area (Å²) in [4.78, 5) is 12.3. The van der Waals surface area contributed by atoms with Crippen molar-refractivity contribution in [1.29, 1.82) is 0 Å². The number of aryl methyl sites for hydroxylation is 1. The number of nitrogens with one attached hydrogen (secondary N) is 1. The molecule has 3 N–H and O–H groups in total. The third kappa shape index (κ3) is 5.61. The topological polar surface area (TPSA) is 64.3 Å². The minimum atomic E-state index is -0.148. The zero-order valence-electron chi connectivity index (χ0n) is 15.0.